The Morgan fingerprint density at radius 2 is 2.15 bits per heavy atom. The van der Waals surface area contributed by atoms with Crippen molar-refractivity contribution in [1.29, 1.82) is 0 Å². The van der Waals surface area contributed by atoms with Gasteiger partial charge in [0.15, 0.2) is 0 Å². The first kappa shape index (κ1) is 12.4. The molecule has 0 spiro atoms. The molecule has 1 nitrogen and oxygen atoms in total. The Hall–Kier alpha value is -0.590. The van der Waals surface area contributed by atoms with Crippen molar-refractivity contribution in [2.24, 2.45) is 5.92 Å². The Balaban J connectivity index is 3.52. The van der Waals surface area contributed by atoms with Gasteiger partial charge in [0.05, 0.1) is 0 Å². The number of carbonyl (C=O) groups is 1. The Kier molecular flexibility index (Phi) is 7.66. The fraction of sp³-hybridized carbons (Fsp3) is 0.750. The van der Waals surface area contributed by atoms with Crippen LogP contribution in [0.2, 0.25) is 0 Å². The van der Waals surface area contributed by atoms with Gasteiger partial charge in [-0.2, -0.15) is 0 Å². The number of hydrogen-bond acceptors (Lipinski definition) is 1. The molecule has 0 saturated carbocycles. The van der Waals surface area contributed by atoms with Crippen molar-refractivity contribution < 1.29 is 4.79 Å². The Bertz CT molecular complexity index is 159. The first-order valence-corrected chi connectivity index (χ1v) is 5.30. The molecule has 0 heterocycles. The van der Waals surface area contributed by atoms with E-state index in [1.54, 1.807) is 0 Å². The van der Waals surface area contributed by atoms with E-state index in [-0.39, 0.29) is 0 Å². The average Bonchev–Trinajstić information content (AvgIpc) is 2.05. The summed E-state index contributed by atoms with van der Waals surface area (Å²) < 4.78 is 0. The highest BCUT2D eigenvalue weighted by Crippen LogP contribution is 2.11. The van der Waals surface area contributed by atoms with E-state index in [0.717, 1.165) is 19.1 Å². The van der Waals surface area contributed by atoms with Crippen molar-refractivity contribution in [3.8, 4) is 0 Å². The fourth-order valence-corrected chi connectivity index (χ4v) is 1.39. The van der Waals surface area contributed by atoms with Crippen LogP contribution in [0.5, 0.6) is 0 Å². The van der Waals surface area contributed by atoms with Crippen molar-refractivity contribution in [1.82, 2.24) is 0 Å². The van der Waals surface area contributed by atoms with Crippen LogP contribution in [-0.4, -0.2) is 6.29 Å². The first-order chi connectivity index (χ1) is 6.20. The molecular weight excluding hydrogens is 160 g/mol. The molecule has 1 unspecified atom stereocenters. The summed E-state index contributed by atoms with van der Waals surface area (Å²) in [5.41, 5.74) is 1.49. The van der Waals surface area contributed by atoms with Crippen LogP contribution in [0.1, 0.15) is 52.9 Å². The van der Waals surface area contributed by atoms with Crippen LogP contribution in [0.15, 0.2) is 11.6 Å². The van der Waals surface area contributed by atoms with Crippen LogP contribution >= 0.6 is 0 Å². The maximum atomic E-state index is 10.2. The van der Waals surface area contributed by atoms with Gasteiger partial charge in [0.25, 0.3) is 0 Å². The Labute approximate surface area is 82.2 Å². The number of hydrogen-bond donors (Lipinski definition) is 0. The number of carbonyl (C=O) groups excluding carboxylic acids is 1. The second kappa shape index (κ2) is 8.03. The highest BCUT2D eigenvalue weighted by molar-refractivity contribution is 5.49. The van der Waals surface area contributed by atoms with E-state index >= 15 is 0 Å². The lowest BCUT2D eigenvalue weighted by Crippen LogP contribution is -1.94. The predicted octanol–water partition coefficient (Wildman–Crippen LogP) is 3.74. The summed E-state index contributed by atoms with van der Waals surface area (Å²) in [7, 11) is 0. The SMILES string of the molecule is CCC/C(C)=C\CCC(C)CC=O. The molecule has 0 aromatic rings. The fourth-order valence-electron chi connectivity index (χ4n) is 1.39. The van der Waals surface area contributed by atoms with Crippen LogP contribution in [0.4, 0.5) is 0 Å². The topological polar surface area (TPSA) is 17.1 Å². The third-order valence-electron chi connectivity index (χ3n) is 2.30. The largest absolute Gasteiger partial charge is 0.303 e. The van der Waals surface area contributed by atoms with Crippen LogP contribution in [0.25, 0.3) is 0 Å². The molecule has 13 heavy (non-hydrogen) atoms. The smallest absolute Gasteiger partial charge is 0.120 e. The maximum Gasteiger partial charge on any atom is 0.120 e. The molecule has 0 fully saturated rings. The molecule has 0 bridgehead atoms. The highest BCUT2D eigenvalue weighted by Gasteiger charge is 1.98. The summed E-state index contributed by atoms with van der Waals surface area (Å²) in [6.45, 7) is 6.53. The van der Waals surface area contributed by atoms with Gasteiger partial charge in [0, 0.05) is 6.42 Å². The molecule has 0 aliphatic carbocycles. The summed E-state index contributed by atoms with van der Waals surface area (Å²) in [5.74, 6) is 0.545. The van der Waals surface area contributed by atoms with Gasteiger partial charge in [-0.15, -0.1) is 0 Å². The lowest BCUT2D eigenvalue weighted by atomic mass is 10.0. The molecule has 1 heteroatoms. The lowest BCUT2D eigenvalue weighted by molar-refractivity contribution is -0.108. The van der Waals surface area contributed by atoms with E-state index in [4.69, 9.17) is 0 Å². The van der Waals surface area contributed by atoms with E-state index in [1.807, 2.05) is 0 Å². The second-order valence-corrected chi connectivity index (χ2v) is 3.89. The molecule has 0 rings (SSSR count). The normalized spacial score (nSPS) is 14.2. The van der Waals surface area contributed by atoms with Gasteiger partial charge in [-0.05, 0) is 32.1 Å². The average molecular weight is 182 g/mol. The van der Waals surface area contributed by atoms with E-state index in [2.05, 4.69) is 26.8 Å². The van der Waals surface area contributed by atoms with Crippen LogP contribution in [0, 0.1) is 5.92 Å². The zero-order chi connectivity index (χ0) is 10.1. The number of allylic oxidation sites excluding steroid dienone is 2. The van der Waals surface area contributed by atoms with Gasteiger partial charge >= 0.3 is 0 Å². The van der Waals surface area contributed by atoms with Gasteiger partial charge in [-0.3, -0.25) is 0 Å². The minimum atomic E-state index is 0.545. The van der Waals surface area contributed by atoms with E-state index < -0.39 is 0 Å². The van der Waals surface area contributed by atoms with Gasteiger partial charge in [0.2, 0.25) is 0 Å². The monoisotopic (exact) mass is 182 g/mol. The third kappa shape index (κ3) is 7.76. The summed E-state index contributed by atoms with van der Waals surface area (Å²) >= 11 is 0. The lowest BCUT2D eigenvalue weighted by Gasteiger charge is -2.04. The van der Waals surface area contributed by atoms with E-state index in [9.17, 15) is 4.79 Å². The third-order valence-corrected chi connectivity index (χ3v) is 2.30. The Morgan fingerprint density at radius 1 is 1.46 bits per heavy atom. The van der Waals surface area contributed by atoms with Crippen molar-refractivity contribution >= 4 is 6.29 Å². The zero-order valence-corrected chi connectivity index (χ0v) is 9.18. The number of aldehydes is 1. The molecular formula is C12H22O. The van der Waals surface area contributed by atoms with Crippen molar-refractivity contribution in [3.05, 3.63) is 11.6 Å². The molecule has 76 valence electrons. The molecule has 0 amide bonds. The van der Waals surface area contributed by atoms with Gasteiger partial charge in [-0.1, -0.05) is 31.9 Å². The van der Waals surface area contributed by atoms with Crippen LogP contribution < -0.4 is 0 Å². The van der Waals surface area contributed by atoms with Gasteiger partial charge < -0.3 is 4.79 Å². The molecule has 0 aromatic carbocycles. The summed E-state index contributed by atoms with van der Waals surface area (Å²) in [4.78, 5) is 10.2. The molecule has 0 saturated heterocycles. The molecule has 0 N–H and O–H groups in total. The van der Waals surface area contributed by atoms with Crippen LogP contribution in [-0.2, 0) is 4.79 Å². The van der Waals surface area contributed by atoms with Crippen molar-refractivity contribution in [2.45, 2.75) is 52.9 Å². The quantitative estimate of drug-likeness (QED) is 0.433. The van der Waals surface area contributed by atoms with Crippen molar-refractivity contribution in [2.75, 3.05) is 0 Å². The maximum absolute atomic E-state index is 10.2. The minimum absolute atomic E-state index is 0.545. The molecule has 1 atom stereocenters. The molecule has 0 radical (unpaired) electrons. The Morgan fingerprint density at radius 3 is 2.69 bits per heavy atom. The van der Waals surface area contributed by atoms with Gasteiger partial charge in [0.1, 0.15) is 6.29 Å². The zero-order valence-electron chi connectivity index (χ0n) is 9.18. The standard InChI is InChI=1S/C12H22O/c1-4-6-11(2)7-5-8-12(3)9-10-13/h7,10,12H,4-6,8-9H2,1-3H3/b11-7-. The predicted molar refractivity (Wildman–Crippen MR) is 57.7 cm³/mol. The molecule has 0 aliphatic heterocycles. The van der Waals surface area contributed by atoms with Gasteiger partial charge in [-0.25, -0.2) is 0 Å². The molecule has 0 aromatic heterocycles. The summed E-state index contributed by atoms with van der Waals surface area (Å²) in [5, 5.41) is 0. The summed E-state index contributed by atoms with van der Waals surface area (Å²) in [6.07, 6.45) is 8.74. The highest BCUT2D eigenvalue weighted by atomic mass is 16.1. The summed E-state index contributed by atoms with van der Waals surface area (Å²) in [6, 6.07) is 0. The number of rotatable bonds is 7. The molecule has 0 aliphatic rings. The second-order valence-electron chi connectivity index (χ2n) is 3.89. The minimum Gasteiger partial charge on any atom is -0.303 e. The van der Waals surface area contributed by atoms with E-state index in [1.165, 1.54) is 18.4 Å². The van der Waals surface area contributed by atoms with E-state index in [0.29, 0.717) is 12.3 Å². The first-order valence-electron chi connectivity index (χ1n) is 5.30. The van der Waals surface area contributed by atoms with Crippen molar-refractivity contribution in [3.63, 3.8) is 0 Å². The van der Waals surface area contributed by atoms with Crippen LogP contribution in [0.3, 0.4) is 0 Å².